The van der Waals surface area contributed by atoms with Gasteiger partial charge in [0.2, 0.25) is 0 Å². The maximum atomic E-state index is 13.0. The molecule has 0 aliphatic heterocycles. The van der Waals surface area contributed by atoms with Crippen LogP contribution in [0.25, 0.3) is 10.8 Å². The van der Waals surface area contributed by atoms with Crippen LogP contribution in [0.2, 0.25) is 0 Å². The number of H-pyrrole nitrogens is 1. The van der Waals surface area contributed by atoms with E-state index in [1.54, 1.807) is 24.3 Å². The molecule has 144 valence electrons. The molecule has 0 atom stereocenters. The first-order chi connectivity index (χ1) is 14.1. The number of benzene rings is 3. The number of aromatic amines is 1. The van der Waals surface area contributed by atoms with Crippen LogP contribution in [0.5, 0.6) is 0 Å². The third-order valence-electron chi connectivity index (χ3n) is 5.34. The van der Waals surface area contributed by atoms with Crippen LogP contribution in [0.4, 0.5) is 0 Å². The summed E-state index contributed by atoms with van der Waals surface area (Å²) in [6, 6.07) is 27.2. The molecule has 0 bridgehead atoms. The summed E-state index contributed by atoms with van der Waals surface area (Å²) in [7, 11) is 0. The fourth-order valence-corrected chi connectivity index (χ4v) is 3.61. The Morgan fingerprint density at radius 3 is 1.97 bits per heavy atom. The quantitative estimate of drug-likeness (QED) is 0.552. The number of nitrogens with one attached hydrogen (secondary N) is 2. The van der Waals surface area contributed by atoms with Crippen LogP contribution in [0.3, 0.4) is 0 Å². The molecule has 5 nitrogen and oxygen atoms in total. The zero-order valence-electron chi connectivity index (χ0n) is 16.1. The maximum Gasteiger partial charge on any atom is 0.272 e. The molecule has 5 heteroatoms. The van der Waals surface area contributed by atoms with Gasteiger partial charge in [0, 0.05) is 17.3 Å². The van der Waals surface area contributed by atoms with E-state index in [4.69, 9.17) is 0 Å². The van der Waals surface area contributed by atoms with Gasteiger partial charge in [-0.05, 0) is 24.1 Å². The first kappa shape index (κ1) is 18.6. The van der Waals surface area contributed by atoms with Gasteiger partial charge in [-0.15, -0.1) is 0 Å². The standard InChI is InChI=1S/C24H21N3O2/c1-24(17-10-4-2-5-11-17,18-12-6-3-7-13-18)16-25-23(29)21-19-14-8-9-15-20(19)22(28)27-26-21/h2-15H,16H2,1H3,(H,25,29)(H,27,28). The smallest absolute Gasteiger partial charge is 0.272 e. The Morgan fingerprint density at radius 2 is 1.38 bits per heavy atom. The van der Waals surface area contributed by atoms with Crippen molar-refractivity contribution in [2.45, 2.75) is 12.3 Å². The summed E-state index contributed by atoms with van der Waals surface area (Å²) in [4.78, 5) is 25.0. The molecule has 4 rings (SSSR count). The highest BCUT2D eigenvalue weighted by molar-refractivity contribution is 6.04. The van der Waals surface area contributed by atoms with Crippen LogP contribution < -0.4 is 10.9 Å². The minimum absolute atomic E-state index is 0.212. The van der Waals surface area contributed by atoms with E-state index in [9.17, 15) is 9.59 Å². The molecule has 4 aromatic rings. The van der Waals surface area contributed by atoms with Gasteiger partial charge >= 0.3 is 0 Å². The van der Waals surface area contributed by atoms with Crippen molar-refractivity contribution in [1.29, 1.82) is 0 Å². The zero-order valence-corrected chi connectivity index (χ0v) is 16.1. The SMILES string of the molecule is CC(CNC(=O)c1n[nH]c(=O)c2ccccc12)(c1ccccc1)c1ccccc1. The monoisotopic (exact) mass is 383 g/mol. The molecule has 29 heavy (non-hydrogen) atoms. The molecule has 1 heterocycles. The molecule has 0 unspecified atom stereocenters. The third kappa shape index (κ3) is 3.55. The van der Waals surface area contributed by atoms with Gasteiger partial charge in [-0.1, -0.05) is 78.9 Å². The fourth-order valence-electron chi connectivity index (χ4n) is 3.61. The summed E-state index contributed by atoms with van der Waals surface area (Å²) in [6.45, 7) is 2.49. The van der Waals surface area contributed by atoms with Crippen molar-refractivity contribution >= 4 is 16.7 Å². The molecule has 1 aromatic heterocycles. The number of fused-ring (bicyclic) bond motifs is 1. The molecule has 0 radical (unpaired) electrons. The number of carbonyl (C=O) groups excluding carboxylic acids is 1. The molecule has 0 aliphatic carbocycles. The number of carbonyl (C=O) groups is 1. The van der Waals surface area contributed by atoms with Gasteiger partial charge in [-0.2, -0.15) is 5.10 Å². The molecular formula is C24H21N3O2. The minimum Gasteiger partial charge on any atom is -0.349 e. The van der Waals surface area contributed by atoms with Crippen LogP contribution in [-0.2, 0) is 5.41 Å². The van der Waals surface area contributed by atoms with Crippen molar-refractivity contribution < 1.29 is 4.79 Å². The average molecular weight is 383 g/mol. The first-order valence-electron chi connectivity index (χ1n) is 9.46. The Morgan fingerprint density at radius 1 is 0.862 bits per heavy atom. The second-order valence-electron chi connectivity index (χ2n) is 7.19. The van der Waals surface area contributed by atoms with Crippen LogP contribution in [0.15, 0.2) is 89.7 Å². The van der Waals surface area contributed by atoms with Crippen LogP contribution in [0.1, 0.15) is 28.5 Å². The van der Waals surface area contributed by atoms with Crippen LogP contribution in [0, 0.1) is 0 Å². The maximum absolute atomic E-state index is 13.0. The van der Waals surface area contributed by atoms with Gasteiger partial charge in [0.1, 0.15) is 0 Å². The van der Waals surface area contributed by atoms with Crippen molar-refractivity contribution in [3.63, 3.8) is 0 Å². The van der Waals surface area contributed by atoms with Crippen LogP contribution in [-0.4, -0.2) is 22.6 Å². The highest BCUT2D eigenvalue weighted by Gasteiger charge is 2.30. The Labute approximate surface area is 168 Å². The van der Waals surface area contributed by atoms with Crippen molar-refractivity contribution in [3.8, 4) is 0 Å². The molecule has 0 aliphatic rings. The van der Waals surface area contributed by atoms with Gasteiger partial charge in [0.25, 0.3) is 11.5 Å². The number of hydrogen-bond donors (Lipinski definition) is 2. The second kappa shape index (κ2) is 7.72. The number of aromatic nitrogens is 2. The van der Waals surface area contributed by atoms with Gasteiger partial charge in [0.15, 0.2) is 5.69 Å². The summed E-state index contributed by atoms with van der Waals surface area (Å²) in [6.07, 6.45) is 0. The average Bonchev–Trinajstić information content (AvgIpc) is 2.79. The third-order valence-corrected chi connectivity index (χ3v) is 5.34. The van der Waals surface area contributed by atoms with E-state index in [-0.39, 0.29) is 17.2 Å². The normalized spacial score (nSPS) is 11.3. The molecular weight excluding hydrogens is 362 g/mol. The van der Waals surface area contributed by atoms with E-state index >= 15 is 0 Å². The van der Waals surface area contributed by atoms with Gasteiger partial charge in [-0.3, -0.25) is 9.59 Å². The Bertz CT molecular complexity index is 1160. The largest absolute Gasteiger partial charge is 0.349 e. The van der Waals surface area contributed by atoms with E-state index in [2.05, 4.69) is 46.7 Å². The number of amides is 1. The van der Waals surface area contributed by atoms with Gasteiger partial charge in [-0.25, -0.2) is 5.10 Å². The lowest BCUT2D eigenvalue weighted by Crippen LogP contribution is -2.40. The Balaban J connectivity index is 1.68. The summed E-state index contributed by atoms with van der Waals surface area (Å²) in [5.41, 5.74) is 1.69. The fraction of sp³-hybridized carbons (Fsp3) is 0.125. The highest BCUT2D eigenvalue weighted by atomic mass is 16.2. The topological polar surface area (TPSA) is 74.8 Å². The molecule has 2 N–H and O–H groups in total. The molecule has 3 aromatic carbocycles. The number of hydrogen-bond acceptors (Lipinski definition) is 3. The lowest BCUT2D eigenvalue weighted by Gasteiger charge is -2.31. The summed E-state index contributed by atoms with van der Waals surface area (Å²) in [5, 5.41) is 10.4. The molecule has 0 saturated carbocycles. The summed E-state index contributed by atoms with van der Waals surface area (Å²) in [5.74, 6) is -0.324. The van der Waals surface area contributed by atoms with E-state index in [1.165, 1.54) is 0 Å². The van der Waals surface area contributed by atoms with Crippen molar-refractivity contribution in [1.82, 2.24) is 15.5 Å². The lowest BCUT2D eigenvalue weighted by atomic mass is 9.76. The predicted octanol–water partition coefficient (Wildman–Crippen LogP) is 3.66. The van der Waals surface area contributed by atoms with Gasteiger partial charge < -0.3 is 5.32 Å². The Hall–Kier alpha value is -3.73. The van der Waals surface area contributed by atoms with Crippen molar-refractivity contribution in [3.05, 3.63) is 112 Å². The summed E-state index contributed by atoms with van der Waals surface area (Å²) < 4.78 is 0. The summed E-state index contributed by atoms with van der Waals surface area (Å²) >= 11 is 0. The second-order valence-corrected chi connectivity index (χ2v) is 7.19. The highest BCUT2D eigenvalue weighted by Crippen LogP contribution is 2.31. The number of nitrogens with zero attached hydrogens (tertiary/aromatic N) is 1. The predicted molar refractivity (Wildman–Crippen MR) is 114 cm³/mol. The van der Waals surface area contributed by atoms with Gasteiger partial charge in [0.05, 0.1) is 5.39 Å². The zero-order chi connectivity index (χ0) is 20.3. The minimum atomic E-state index is -0.420. The van der Waals surface area contributed by atoms with Crippen LogP contribution >= 0.6 is 0 Å². The molecule has 0 spiro atoms. The Kier molecular flexibility index (Phi) is 4.96. The number of rotatable bonds is 5. The lowest BCUT2D eigenvalue weighted by molar-refractivity contribution is 0.0943. The first-order valence-corrected chi connectivity index (χ1v) is 9.46. The van der Waals surface area contributed by atoms with E-state index < -0.39 is 5.41 Å². The molecule has 1 amide bonds. The van der Waals surface area contributed by atoms with E-state index in [0.717, 1.165) is 11.1 Å². The van der Waals surface area contributed by atoms with Crippen molar-refractivity contribution in [2.24, 2.45) is 0 Å². The van der Waals surface area contributed by atoms with E-state index in [1.807, 2.05) is 36.4 Å². The van der Waals surface area contributed by atoms with Crippen molar-refractivity contribution in [2.75, 3.05) is 6.54 Å². The van der Waals surface area contributed by atoms with E-state index in [0.29, 0.717) is 17.3 Å². The molecule has 0 saturated heterocycles. The molecule has 0 fully saturated rings.